The van der Waals surface area contributed by atoms with Gasteiger partial charge in [-0.25, -0.2) is 4.98 Å². The molecule has 0 unspecified atom stereocenters. The van der Waals surface area contributed by atoms with Gasteiger partial charge in [0.05, 0.1) is 24.7 Å². The Morgan fingerprint density at radius 1 is 1.19 bits per heavy atom. The maximum absolute atomic E-state index is 12.4. The summed E-state index contributed by atoms with van der Waals surface area (Å²) in [7, 11) is 1.63. The van der Waals surface area contributed by atoms with E-state index in [-0.39, 0.29) is 11.6 Å². The van der Waals surface area contributed by atoms with E-state index in [2.05, 4.69) is 15.5 Å². The van der Waals surface area contributed by atoms with E-state index in [1.807, 2.05) is 53.1 Å². The van der Waals surface area contributed by atoms with Crippen molar-refractivity contribution in [3.05, 3.63) is 72.1 Å². The van der Waals surface area contributed by atoms with E-state index in [0.29, 0.717) is 12.5 Å². The van der Waals surface area contributed by atoms with E-state index in [0.717, 1.165) is 22.3 Å². The average molecular weight is 348 g/mol. The lowest BCUT2D eigenvalue weighted by Crippen LogP contribution is -2.16. The summed E-state index contributed by atoms with van der Waals surface area (Å²) in [5, 5.41) is 6.47. The molecule has 4 aromatic rings. The van der Waals surface area contributed by atoms with Crippen molar-refractivity contribution in [3.63, 3.8) is 0 Å². The topological polar surface area (TPSA) is 82.2 Å². The van der Waals surface area contributed by atoms with E-state index in [1.54, 1.807) is 7.11 Å². The second-order valence-corrected chi connectivity index (χ2v) is 5.70. The third-order valence-electron chi connectivity index (χ3n) is 4.03. The first-order chi connectivity index (χ1) is 12.7. The van der Waals surface area contributed by atoms with Crippen LogP contribution in [0, 0.1) is 0 Å². The minimum atomic E-state index is -0.374. The number of ether oxygens (including phenoxy) is 1. The number of nitrogens with zero attached hydrogens (tertiary/aromatic N) is 3. The Morgan fingerprint density at radius 2 is 2.08 bits per heavy atom. The van der Waals surface area contributed by atoms with E-state index < -0.39 is 0 Å². The molecule has 0 saturated carbocycles. The van der Waals surface area contributed by atoms with Crippen molar-refractivity contribution in [3.8, 4) is 5.75 Å². The molecule has 7 nitrogen and oxygen atoms in total. The SMILES string of the molecule is COc1cccc(Cn2c(NC(=O)c3ccon3)nc3ccccc32)c1. The number of anilines is 1. The zero-order valence-corrected chi connectivity index (χ0v) is 14.0. The molecular weight excluding hydrogens is 332 g/mol. The summed E-state index contributed by atoms with van der Waals surface area (Å²) in [5.74, 6) is 0.850. The number of methoxy groups -OCH3 is 1. The lowest BCUT2D eigenvalue weighted by Gasteiger charge is -2.10. The Bertz CT molecular complexity index is 1050. The maximum Gasteiger partial charge on any atom is 0.280 e. The van der Waals surface area contributed by atoms with E-state index >= 15 is 0 Å². The number of amides is 1. The van der Waals surface area contributed by atoms with Gasteiger partial charge in [0.15, 0.2) is 5.69 Å². The van der Waals surface area contributed by atoms with Crippen molar-refractivity contribution < 1.29 is 14.1 Å². The van der Waals surface area contributed by atoms with Gasteiger partial charge in [-0.05, 0) is 29.8 Å². The molecule has 1 N–H and O–H groups in total. The monoisotopic (exact) mass is 348 g/mol. The number of nitrogens with one attached hydrogen (secondary N) is 1. The Kier molecular flexibility index (Phi) is 4.10. The van der Waals surface area contributed by atoms with Crippen LogP contribution in [0.15, 0.2) is 65.4 Å². The highest BCUT2D eigenvalue weighted by Crippen LogP contribution is 2.23. The smallest absolute Gasteiger partial charge is 0.280 e. The van der Waals surface area contributed by atoms with Crippen molar-refractivity contribution in [1.29, 1.82) is 0 Å². The second kappa shape index (κ2) is 6.72. The highest BCUT2D eigenvalue weighted by atomic mass is 16.5. The lowest BCUT2D eigenvalue weighted by atomic mass is 10.2. The first-order valence-corrected chi connectivity index (χ1v) is 8.04. The number of hydrogen-bond acceptors (Lipinski definition) is 5. The number of para-hydroxylation sites is 2. The van der Waals surface area contributed by atoms with Crippen molar-refractivity contribution in [2.45, 2.75) is 6.54 Å². The summed E-state index contributed by atoms with van der Waals surface area (Å²) in [6.45, 7) is 0.534. The largest absolute Gasteiger partial charge is 0.497 e. The van der Waals surface area contributed by atoms with Gasteiger partial charge in [0.2, 0.25) is 5.95 Å². The van der Waals surface area contributed by atoms with Crippen LogP contribution >= 0.6 is 0 Å². The number of rotatable bonds is 5. The van der Waals surface area contributed by atoms with Crippen LogP contribution in [0.1, 0.15) is 16.1 Å². The second-order valence-electron chi connectivity index (χ2n) is 5.70. The summed E-state index contributed by atoms with van der Waals surface area (Å²) < 4.78 is 12.0. The molecule has 2 aromatic heterocycles. The molecule has 0 fully saturated rings. The standard InChI is InChI=1S/C19H16N4O3/c1-25-14-6-4-5-13(11-14)12-23-17-8-3-2-7-15(17)20-19(23)21-18(24)16-9-10-26-22-16/h2-11H,12H2,1H3,(H,20,21,24). The number of benzene rings is 2. The highest BCUT2D eigenvalue weighted by molar-refractivity contribution is 6.02. The highest BCUT2D eigenvalue weighted by Gasteiger charge is 2.16. The average Bonchev–Trinajstić information content (AvgIpc) is 3.31. The molecule has 0 atom stereocenters. The third kappa shape index (κ3) is 3.02. The molecule has 0 aliphatic rings. The van der Waals surface area contributed by atoms with Crippen LogP contribution in [0.2, 0.25) is 0 Å². The summed E-state index contributed by atoms with van der Waals surface area (Å²) in [6.07, 6.45) is 1.36. The summed E-state index contributed by atoms with van der Waals surface area (Å²) in [6, 6.07) is 17.0. The number of imidazole rings is 1. The molecular formula is C19H16N4O3. The van der Waals surface area contributed by atoms with E-state index in [9.17, 15) is 4.79 Å². The van der Waals surface area contributed by atoms with Crippen LogP contribution in [-0.2, 0) is 6.54 Å². The number of carbonyl (C=O) groups excluding carboxylic acids is 1. The molecule has 0 radical (unpaired) electrons. The fourth-order valence-electron chi connectivity index (χ4n) is 2.78. The van der Waals surface area contributed by atoms with Gasteiger partial charge < -0.3 is 13.8 Å². The van der Waals surface area contributed by atoms with Crippen LogP contribution in [0.4, 0.5) is 5.95 Å². The molecule has 1 amide bonds. The van der Waals surface area contributed by atoms with Crippen LogP contribution in [-0.4, -0.2) is 27.7 Å². The molecule has 2 heterocycles. The molecule has 26 heavy (non-hydrogen) atoms. The van der Waals surface area contributed by atoms with Crippen LogP contribution < -0.4 is 10.1 Å². The number of aromatic nitrogens is 3. The Hall–Kier alpha value is -3.61. The predicted molar refractivity (Wildman–Crippen MR) is 96.3 cm³/mol. The number of carbonyl (C=O) groups is 1. The molecule has 0 aliphatic carbocycles. The zero-order chi connectivity index (χ0) is 17.9. The minimum Gasteiger partial charge on any atom is -0.497 e. The Balaban J connectivity index is 1.72. The summed E-state index contributed by atoms with van der Waals surface area (Å²) >= 11 is 0. The van der Waals surface area contributed by atoms with Gasteiger partial charge in [-0.15, -0.1) is 0 Å². The van der Waals surface area contributed by atoms with Gasteiger partial charge in [0, 0.05) is 6.07 Å². The molecule has 4 rings (SSSR count). The predicted octanol–water partition coefficient (Wildman–Crippen LogP) is 3.33. The lowest BCUT2D eigenvalue weighted by molar-refractivity contribution is 0.101. The van der Waals surface area contributed by atoms with Crippen molar-refractivity contribution in [2.24, 2.45) is 0 Å². The van der Waals surface area contributed by atoms with Crippen LogP contribution in [0.5, 0.6) is 5.75 Å². The Morgan fingerprint density at radius 3 is 2.88 bits per heavy atom. The van der Waals surface area contributed by atoms with Gasteiger partial charge in [-0.2, -0.15) is 0 Å². The molecule has 0 spiro atoms. The van der Waals surface area contributed by atoms with Crippen LogP contribution in [0.25, 0.3) is 11.0 Å². The van der Waals surface area contributed by atoms with Crippen LogP contribution in [0.3, 0.4) is 0 Å². The van der Waals surface area contributed by atoms with Gasteiger partial charge in [-0.1, -0.05) is 29.4 Å². The molecule has 0 bridgehead atoms. The Labute approximate surface area is 149 Å². The van der Waals surface area contributed by atoms with Crippen molar-refractivity contribution in [1.82, 2.24) is 14.7 Å². The van der Waals surface area contributed by atoms with E-state index in [4.69, 9.17) is 9.26 Å². The fourth-order valence-corrected chi connectivity index (χ4v) is 2.78. The first-order valence-electron chi connectivity index (χ1n) is 8.04. The quantitative estimate of drug-likeness (QED) is 0.598. The molecule has 0 aliphatic heterocycles. The minimum absolute atomic E-state index is 0.199. The van der Waals surface area contributed by atoms with Gasteiger partial charge in [0.25, 0.3) is 5.91 Å². The molecule has 2 aromatic carbocycles. The molecule has 130 valence electrons. The maximum atomic E-state index is 12.4. The van der Waals surface area contributed by atoms with Crippen molar-refractivity contribution in [2.75, 3.05) is 12.4 Å². The fraction of sp³-hybridized carbons (Fsp3) is 0.105. The van der Waals surface area contributed by atoms with Gasteiger partial charge in [-0.3, -0.25) is 10.1 Å². The van der Waals surface area contributed by atoms with E-state index in [1.165, 1.54) is 12.3 Å². The number of fused-ring (bicyclic) bond motifs is 1. The molecule has 0 saturated heterocycles. The zero-order valence-electron chi connectivity index (χ0n) is 14.0. The van der Waals surface area contributed by atoms with Gasteiger partial charge >= 0.3 is 0 Å². The van der Waals surface area contributed by atoms with Gasteiger partial charge in [0.1, 0.15) is 12.0 Å². The third-order valence-corrected chi connectivity index (χ3v) is 4.03. The summed E-state index contributed by atoms with van der Waals surface area (Å²) in [4.78, 5) is 16.9. The first kappa shape index (κ1) is 15.9. The molecule has 7 heteroatoms. The number of hydrogen-bond donors (Lipinski definition) is 1. The summed E-state index contributed by atoms with van der Waals surface area (Å²) in [5.41, 5.74) is 2.95. The normalized spacial score (nSPS) is 10.8. The van der Waals surface area contributed by atoms with Crippen molar-refractivity contribution >= 4 is 22.9 Å².